The van der Waals surface area contributed by atoms with E-state index in [0.29, 0.717) is 0 Å². The fourth-order valence-corrected chi connectivity index (χ4v) is 0. The third-order valence-electron chi connectivity index (χ3n) is 0. The molecule has 0 aliphatic rings. The summed E-state index contributed by atoms with van der Waals surface area (Å²) in [5.74, 6) is 0. The molecule has 0 aromatic carbocycles. The van der Waals surface area contributed by atoms with Crippen LogP contribution in [-0.2, 0) is 85.1 Å². The summed E-state index contributed by atoms with van der Waals surface area (Å²) >= 11 is 0. The molecule has 0 heterocycles. The van der Waals surface area contributed by atoms with E-state index >= 15 is 0 Å². The summed E-state index contributed by atoms with van der Waals surface area (Å²) in [5, 5.41) is 0. The van der Waals surface area contributed by atoms with Crippen molar-refractivity contribution in [2.45, 2.75) is 0 Å². The molecule has 0 amide bonds. The molecule has 0 N–H and O–H groups in total. The Labute approximate surface area is 133 Å². The molecule has 0 saturated carbocycles. The smallest absolute Gasteiger partial charge is 2.00 e. The summed E-state index contributed by atoms with van der Waals surface area (Å²) in [6, 6.07) is 0. The van der Waals surface area contributed by atoms with Gasteiger partial charge in [-0.05, 0) is 0 Å². The first kappa shape index (κ1) is 256. The summed E-state index contributed by atoms with van der Waals surface area (Å²) in [4.78, 5) is 0. The van der Waals surface area contributed by atoms with Gasteiger partial charge >= 0.3 is 63.2 Å². The maximum absolute atomic E-state index is 0. The number of hydrogen-bond acceptors (Lipinski definition) is 0. The van der Waals surface area contributed by atoms with E-state index in [9.17, 15) is 0 Å². The maximum Gasteiger partial charge on any atom is 4.00 e. The average Bonchev–Trinajstić information content (AvgIpc) is 0. The zero-order valence-corrected chi connectivity index (χ0v) is 13.9. The predicted molar refractivity (Wildman–Crippen MR) is 2.75 cm³/mol. The Bertz CT molecular complexity index is 17.3. The van der Waals surface area contributed by atoms with Gasteiger partial charge in [0.25, 0.3) is 0 Å². The molecule has 0 fully saturated rings. The van der Waals surface area contributed by atoms with E-state index in [4.69, 9.17) is 0 Å². The van der Waals surface area contributed by atoms with E-state index in [1.54, 1.807) is 0 Å². The monoisotopic (exact) mass is 789 g/mol. The van der Waals surface area contributed by atoms with E-state index in [1.165, 1.54) is 0 Å². The van der Waals surface area contributed by atoms with Gasteiger partial charge in [0.15, 0.2) is 0 Å². The molecular formula is Cl4O4Pt3. The number of hydrogen-bond donors (Lipinski definition) is 0. The van der Waals surface area contributed by atoms with E-state index < -0.39 is 0 Å². The molecule has 0 saturated heterocycles. The maximum atomic E-state index is 0. The molecule has 0 aliphatic carbocycles. The molecule has 0 spiro atoms. The average molecular weight is 791 g/mol. The first-order valence-electron chi connectivity index (χ1n) is 0. The Morgan fingerprint density at radius 1 is 0.273 bits per heavy atom. The summed E-state index contributed by atoms with van der Waals surface area (Å²) < 4.78 is 0. The second-order valence-electron chi connectivity index (χ2n) is 0. The molecule has 11 heteroatoms. The van der Waals surface area contributed by atoms with Crippen LogP contribution in [0.4, 0.5) is 0 Å². The second-order valence-corrected chi connectivity index (χ2v) is 0. The Morgan fingerprint density at radius 2 is 0.273 bits per heavy atom. The van der Waals surface area contributed by atoms with Gasteiger partial charge in [0, 0.05) is 0 Å². The molecule has 0 aromatic rings. The van der Waals surface area contributed by atoms with Crippen LogP contribution < -0.4 is 49.6 Å². The van der Waals surface area contributed by atoms with Gasteiger partial charge in [0.1, 0.15) is 0 Å². The molecular weight excluding hydrogens is 791 g/mol. The quantitative estimate of drug-likeness (QED) is 0.232. The van der Waals surface area contributed by atoms with Crippen LogP contribution in [0.5, 0.6) is 0 Å². The fraction of sp³-hybridized carbons (Fsp3) is 0. The van der Waals surface area contributed by atoms with Crippen molar-refractivity contribution in [3.05, 3.63) is 0 Å². The summed E-state index contributed by atoms with van der Waals surface area (Å²) in [5.41, 5.74) is 0. The van der Waals surface area contributed by atoms with Gasteiger partial charge in [-0.3, -0.25) is 0 Å². The largest absolute Gasteiger partial charge is 4.00 e. The van der Waals surface area contributed by atoms with E-state index in [0.717, 1.165) is 0 Å². The van der Waals surface area contributed by atoms with Crippen LogP contribution in [0.25, 0.3) is 0 Å². The third kappa shape index (κ3) is 170. The standard InChI is InChI=1S/4ClH.4O.3Pt/h4*1H;;;;;;;/q;;;;4*-2;3*+4/p-4. The van der Waals surface area contributed by atoms with Gasteiger partial charge in [-0.15, -0.1) is 0 Å². The van der Waals surface area contributed by atoms with E-state index in [1.807, 2.05) is 0 Å². The molecule has 0 unspecified atom stereocenters. The Kier molecular flexibility index (Phi) is 4700. The Balaban J connectivity index is 0. The second kappa shape index (κ2) is 202. The first-order valence-corrected chi connectivity index (χ1v) is 0. The molecule has 82 valence electrons. The van der Waals surface area contributed by atoms with Gasteiger partial charge in [0.05, 0.1) is 0 Å². The number of halogens is 4. The molecule has 0 atom stereocenters. The molecule has 0 aromatic heterocycles. The van der Waals surface area contributed by atoms with Crippen molar-refractivity contribution < 1.29 is 135 Å². The Hall–Kier alpha value is 3.06. The van der Waals surface area contributed by atoms with Crippen LogP contribution in [0, 0.1) is 0 Å². The van der Waals surface area contributed by atoms with Crippen molar-refractivity contribution in [2.75, 3.05) is 0 Å². The van der Waals surface area contributed by atoms with Crippen LogP contribution in [0.15, 0.2) is 0 Å². The Morgan fingerprint density at radius 3 is 0.273 bits per heavy atom. The molecule has 0 radical (unpaired) electrons. The van der Waals surface area contributed by atoms with Crippen LogP contribution in [-0.4, -0.2) is 0 Å². The SMILES string of the molecule is [Cl-].[Cl-].[Cl-].[Cl-].[O-2].[O-2].[O-2].[O-2].[Pt+4].[Pt+4].[Pt+4]. The molecule has 4 nitrogen and oxygen atoms in total. The minimum Gasteiger partial charge on any atom is -2.00 e. The van der Waals surface area contributed by atoms with E-state index in [2.05, 4.69) is 0 Å². The summed E-state index contributed by atoms with van der Waals surface area (Å²) in [6.07, 6.45) is 0. The van der Waals surface area contributed by atoms with Gasteiger partial charge in [-0.25, -0.2) is 0 Å². The van der Waals surface area contributed by atoms with Crippen LogP contribution in [0.2, 0.25) is 0 Å². The van der Waals surface area contributed by atoms with Gasteiger partial charge in [-0.1, -0.05) is 0 Å². The van der Waals surface area contributed by atoms with E-state index in [-0.39, 0.29) is 135 Å². The molecule has 0 bridgehead atoms. The van der Waals surface area contributed by atoms with Crippen molar-refractivity contribution >= 4 is 0 Å². The minimum absolute atomic E-state index is 0. The summed E-state index contributed by atoms with van der Waals surface area (Å²) in [7, 11) is 0. The minimum atomic E-state index is 0. The molecule has 0 rings (SSSR count). The van der Waals surface area contributed by atoms with Crippen LogP contribution >= 0.6 is 0 Å². The topological polar surface area (TPSA) is 114 Å². The van der Waals surface area contributed by atoms with Crippen molar-refractivity contribution in [2.24, 2.45) is 0 Å². The number of rotatable bonds is 0. The normalized spacial score (nSPS) is 0. The van der Waals surface area contributed by atoms with Crippen LogP contribution in [0.1, 0.15) is 0 Å². The first-order chi connectivity index (χ1) is 0. The zero-order chi connectivity index (χ0) is 0. The van der Waals surface area contributed by atoms with Gasteiger partial charge in [-0.2, -0.15) is 0 Å². The zero-order valence-electron chi connectivity index (χ0n) is 4.09. The molecule has 11 heavy (non-hydrogen) atoms. The third-order valence-corrected chi connectivity index (χ3v) is 0. The van der Waals surface area contributed by atoms with Crippen molar-refractivity contribution in [1.82, 2.24) is 0 Å². The van der Waals surface area contributed by atoms with Gasteiger partial charge in [0.2, 0.25) is 0 Å². The fourth-order valence-electron chi connectivity index (χ4n) is 0. The van der Waals surface area contributed by atoms with Crippen molar-refractivity contribution in [1.29, 1.82) is 0 Å². The van der Waals surface area contributed by atoms with Crippen molar-refractivity contribution in [3.63, 3.8) is 0 Å². The molecule has 0 aliphatic heterocycles. The van der Waals surface area contributed by atoms with Crippen molar-refractivity contribution in [3.8, 4) is 0 Å². The van der Waals surface area contributed by atoms with Crippen LogP contribution in [0.3, 0.4) is 0 Å². The predicted octanol–water partition coefficient (Wildman–Crippen LogP) is -12.5. The van der Waals surface area contributed by atoms with Gasteiger partial charge < -0.3 is 71.5 Å². The summed E-state index contributed by atoms with van der Waals surface area (Å²) in [6.45, 7) is 0.